The van der Waals surface area contributed by atoms with Gasteiger partial charge < -0.3 is 14.6 Å². The maximum Gasteiger partial charge on any atom is 0.306 e. The van der Waals surface area contributed by atoms with E-state index in [0.717, 1.165) is 51.4 Å². The topological polar surface area (TPSA) is 72.8 Å². The Morgan fingerprint density at radius 3 is 1.15 bits per heavy atom. The van der Waals surface area contributed by atoms with Crippen LogP contribution < -0.4 is 0 Å². The van der Waals surface area contributed by atoms with Gasteiger partial charge in [-0.15, -0.1) is 0 Å². The third-order valence-electron chi connectivity index (χ3n) is 10.7. The SMILES string of the molecule is CCCC/C=C\C/C=C\CCCCCCCC(=O)OC(CO)COC(=O)CCCCCCCCCCCCCCCCCCCCCCCCCCCC. The standard InChI is InChI=1S/C49H92O5/c1-3-5-7-9-11-13-15-17-19-20-21-22-23-24-25-26-27-28-29-30-32-33-35-37-39-41-43-48(51)53-46-47(45-50)54-49(52)44-42-40-38-36-34-31-18-16-14-12-10-8-6-4-2/h10,12,16,18,47,50H,3-9,11,13-15,17,19-46H2,1-2H3/b12-10-,18-16-. The van der Waals surface area contributed by atoms with E-state index in [1.165, 1.54) is 180 Å². The van der Waals surface area contributed by atoms with Gasteiger partial charge in [-0.05, 0) is 38.5 Å². The second-order valence-corrected chi connectivity index (χ2v) is 16.2. The smallest absolute Gasteiger partial charge is 0.306 e. The Morgan fingerprint density at radius 2 is 0.759 bits per heavy atom. The second kappa shape index (κ2) is 45.8. The highest BCUT2D eigenvalue weighted by Crippen LogP contribution is 2.17. The van der Waals surface area contributed by atoms with Gasteiger partial charge in [-0.2, -0.15) is 0 Å². The summed E-state index contributed by atoms with van der Waals surface area (Å²) in [7, 11) is 0. The van der Waals surface area contributed by atoms with E-state index in [0.29, 0.717) is 12.8 Å². The molecule has 0 rings (SSSR count). The average Bonchev–Trinajstić information content (AvgIpc) is 3.17. The van der Waals surface area contributed by atoms with Crippen molar-refractivity contribution < 1.29 is 24.2 Å². The molecule has 0 saturated heterocycles. The van der Waals surface area contributed by atoms with Crippen LogP contribution in [-0.4, -0.2) is 36.4 Å². The predicted molar refractivity (Wildman–Crippen MR) is 233 cm³/mol. The summed E-state index contributed by atoms with van der Waals surface area (Å²) < 4.78 is 10.6. The number of carbonyl (C=O) groups is 2. The zero-order chi connectivity index (χ0) is 39.3. The molecular formula is C49H92O5. The van der Waals surface area contributed by atoms with Gasteiger partial charge >= 0.3 is 11.9 Å². The first-order valence-electron chi connectivity index (χ1n) is 23.9. The average molecular weight is 761 g/mol. The van der Waals surface area contributed by atoms with E-state index in [1.54, 1.807) is 0 Å². The zero-order valence-corrected chi connectivity index (χ0v) is 36.3. The molecule has 0 aliphatic rings. The minimum Gasteiger partial charge on any atom is -0.462 e. The van der Waals surface area contributed by atoms with E-state index in [4.69, 9.17) is 9.47 Å². The fourth-order valence-corrected chi connectivity index (χ4v) is 7.10. The van der Waals surface area contributed by atoms with Crippen LogP contribution >= 0.6 is 0 Å². The maximum atomic E-state index is 12.2. The lowest BCUT2D eigenvalue weighted by Crippen LogP contribution is -2.28. The van der Waals surface area contributed by atoms with Crippen LogP contribution in [0.2, 0.25) is 0 Å². The molecule has 0 aliphatic carbocycles. The first-order chi connectivity index (χ1) is 26.6. The molecule has 54 heavy (non-hydrogen) atoms. The molecule has 0 aromatic heterocycles. The summed E-state index contributed by atoms with van der Waals surface area (Å²) in [6.07, 6.45) is 55.6. The lowest BCUT2D eigenvalue weighted by atomic mass is 10.0. The molecule has 0 heterocycles. The van der Waals surface area contributed by atoms with E-state index in [1.807, 2.05) is 0 Å². The van der Waals surface area contributed by atoms with Gasteiger partial charge in [-0.25, -0.2) is 0 Å². The lowest BCUT2D eigenvalue weighted by molar-refractivity contribution is -0.161. The van der Waals surface area contributed by atoms with Crippen molar-refractivity contribution in [1.82, 2.24) is 0 Å². The number of allylic oxidation sites excluding steroid dienone is 4. The molecule has 0 radical (unpaired) electrons. The molecule has 0 spiro atoms. The monoisotopic (exact) mass is 761 g/mol. The first-order valence-corrected chi connectivity index (χ1v) is 23.9. The number of ether oxygens (including phenoxy) is 2. The Balaban J connectivity index is 3.43. The maximum absolute atomic E-state index is 12.2. The van der Waals surface area contributed by atoms with Gasteiger partial charge in [0, 0.05) is 12.8 Å². The second-order valence-electron chi connectivity index (χ2n) is 16.2. The van der Waals surface area contributed by atoms with Crippen LogP contribution in [0.5, 0.6) is 0 Å². The molecule has 0 saturated carbocycles. The summed E-state index contributed by atoms with van der Waals surface area (Å²) in [5.74, 6) is -0.595. The van der Waals surface area contributed by atoms with Gasteiger partial charge in [-0.3, -0.25) is 9.59 Å². The van der Waals surface area contributed by atoms with Crippen molar-refractivity contribution in [3.63, 3.8) is 0 Å². The molecule has 1 atom stereocenters. The Bertz CT molecular complexity index is 821. The normalized spacial score (nSPS) is 12.3. The van der Waals surface area contributed by atoms with E-state index < -0.39 is 6.10 Å². The Labute approximate surface area is 336 Å². The molecule has 0 fully saturated rings. The van der Waals surface area contributed by atoms with Crippen LogP contribution in [0.1, 0.15) is 258 Å². The number of hydrogen-bond acceptors (Lipinski definition) is 5. The third kappa shape index (κ3) is 43.1. The highest BCUT2D eigenvalue weighted by atomic mass is 16.6. The van der Waals surface area contributed by atoms with Gasteiger partial charge in [-0.1, -0.05) is 231 Å². The summed E-state index contributed by atoms with van der Waals surface area (Å²) in [6.45, 7) is 4.12. The Morgan fingerprint density at radius 1 is 0.426 bits per heavy atom. The van der Waals surface area contributed by atoms with Crippen molar-refractivity contribution in [3.8, 4) is 0 Å². The largest absolute Gasteiger partial charge is 0.462 e. The Kier molecular flexibility index (Phi) is 44.4. The molecular weight excluding hydrogens is 669 g/mol. The molecule has 0 bridgehead atoms. The fourth-order valence-electron chi connectivity index (χ4n) is 7.10. The van der Waals surface area contributed by atoms with Crippen molar-refractivity contribution in [2.24, 2.45) is 0 Å². The van der Waals surface area contributed by atoms with E-state index >= 15 is 0 Å². The summed E-state index contributed by atoms with van der Waals surface area (Å²) >= 11 is 0. The minimum atomic E-state index is -0.774. The molecule has 0 aromatic carbocycles. The summed E-state index contributed by atoms with van der Waals surface area (Å²) in [4.78, 5) is 24.3. The van der Waals surface area contributed by atoms with Gasteiger partial charge in [0.2, 0.25) is 0 Å². The molecule has 5 heteroatoms. The number of aliphatic hydroxyl groups excluding tert-OH is 1. The molecule has 5 nitrogen and oxygen atoms in total. The van der Waals surface area contributed by atoms with Crippen LogP contribution in [0.15, 0.2) is 24.3 Å². The molecule has 1 unspecified atom stereocenters. The number of rotatable bonds is 44. The number of carbonyl (C=O) groups excluding carboxylic acids is 2. The zero-order valence-electron chi connectivity index (χ0n) is 36.3. The van der Waals surface area contributed by atoms with Crippen molar-refractivity contribution in [1.29, 1.82) is 0 Å². The number of hydrogen-bond donors (Lipinski definition) is 1. The number of aliphatic hydroxyl groups is 1. The molecule has 318 valence electrons. The van der Waals surface area contributed by atoms with Gasteiger partial charge in [0.25, 0.3) is 0 Å². The van der Waals surface area contributed by atoms with Crippen LogP contribution in [0.25, 0.3) is 0 Å². The highest BCUT2D eigenvalue weighted by Gasteiger charge is 2.16. The summed E-state index contributed by atoms with van der Waals surface area (Å²) in [5.41, 5.74) is 0. The van der Waals surface area contributed by atoms with Crippen LogP contribution in [0.4, 0.5) is 0 Å². The minimum absolute atomic E-state index is 0.0669. The van der Waals surface area contributed by atoms with Crippen LogP contribution in [0.3, 0.4) is 0 Å². The van der Waals surface area contributed by atoms with Gasteiger partial charge in [0.15, 0.2) is 6.10 Å². The Hall–Kier alpha value is -1.62. The quantitative estimate of drug-likeness (QED) is 0.0380. The number of esters is 2. The van der Waals surface area contributed by atoms with Gasteiger partial charge in [0.1, 0.15) is 6.61 Å². The summed E-state index contributed by atoms with van der Waals surface area (Å²) in [5, 5.41) is 9.58. The van der Waals surface area contributed by atoms with Crippen molar-refractivity contribution in [3.05, 3.63) is 24.3 Å². The highest BCUT2D eigenvalue weighted by molar-refractivity contribution is 5.70. The van der Waals surface area contributed by atoms with E-state index in [9.17, 15) is 14.7 Å². The lowest BCUT2D eigenvalue weighted by Gasteiger charge is -2.15. The van der Waals surface area contributed by atoms with Gasteiger partial charge in [0.05, 0.1) is 6.61 Å². The predicted octanol–water partition coefficient (Wildman–Crippen LogP) is 15.4. The number of unbranched alkanes of at least 4 members (excludes halogenated alkanes) is 32. The molecule has 0 aliphatic heterocycles. The van der Waals surface area contributed by atoms with Crippen molar-refractivity contribution >= 4 is 11.9 Å². The fraction of sp³-hybridized carbons (Fsp3) is 0.878. The van der Waals surface area contributed by atoms with E-state index in [2.05, 4.69) is 38.2 Å². The van der Waals surface area contributed by atoms with Crippen molar-refractivity contribution in [2.45, 2.75) is 264 Å². The van der Waals surface area contributed by atoms with Crippen LogP contribution in [0, 0.1) is 0 Å². The molecule has 1 N–H and O–H groups in total. The molecule has 0 amide bonds. The molecule has 0 aromatic rings. The van der Waals surface area contributed by atoms with E-state index in [-0.39, 0.29) is 25.2 Å². The first kappa shape index (κ1) is 52.4. The third-order valence-corrected chi connectivity index (χ3v) is 10.7. The van der Waals surface area contributed by atoms with Crippen molar-refractivity contribution in [2.75, 3.05) is 13.2 Å². The van der Waals surface area contributed by atoms with Crippen LogP contribution in [-0.2, 0) is 19.1 Å². The summed E-state index contributed by atoms with van der Waals surface area (Å²) in [6, 6.07) is 0.